The zero-order valence-corrected chi connectivity index (χ0v) is 12.9. The van der Waals surface area contributed by atoms with Crippen molar-refractivity contribution < 1.29 is 9.53 Å². The van der Waals surface area contributed by atoms with Crippen molar-refractivity contribution in [3.05, 3.63) is 59.9 Å². The second-order valence-electron chi connectivity index (χ2n) is 5.11. The molecule has 0 aliphatic carbocycles. The van der Waals surface area contributed by atoms with Crippen LogP contribution in [0.1, 0.15) is 18.2 Å². The van der Waals surface area contributed by atoms with E-state index in [2.05, 4.69) is 15.6 Å². The Labute approximate surface area is 130 Å². The Kier molecular flexibility index (Phi) is 5.77. The van der Waals surface area contributed by atoms with Gasteiger partial charge in [-0.2, -0.15) is 0 Å². The van der Waals surface area contributed by atoms with Gasteiger partial charge in [0.1, 0.15) is 11.9 Å². The molecule has 5 nitrogen and oxygen atoms in total. The third-order valence-corrected chi connectivity index (χ3v) is 3.06. The summed E-state index contributed by atoms with van der Waals surface area (Å²) < 4.78 is 5.69. The second-order valence-corrected chi connectivity index (χ2v) is 5.11. The molecule has 22 heavy (non-hydrogen) atoms. The Hall–Kier alpha value is -2.56. The van der Waals surface area contributed by atoms with Gasteiger partial charge in [0, 0.05) is 18.4 Å². The van der Waals surface area contributed by atoms with Crippen LogP contribution in [0.5, 0.6) is 5.75 Å². The van der Waals surface area contributed by atoms with Crippen LogP contribution < -0.4 is 15.4 Å². The highest BCUT2D eigenvalue weighted by Crippen LogP contribution is 2.10. The summed E-state index contributed by atoms with van der Waals surface area (Å²) in [6.07, 6.45) is 1.66. The number of urea groups is 1. The van der Waals surface area contributed by atoms with Crippen molar-refractivity contribution in [3.63, 3.8) is 0 Å². The van der Waals surface area contributed by atoms with Gasteiger partial charge in [0.15, 0.2) is 0 Å². The second kappa shape index (κ2) is 8.02. The van der Waals surface area contributed by atoms with Crippen molar-refractivity contribution in [1.29, 1.82) is 0 Å². The van der Waals surface area contributed by atoms with E-state index in [0.717, 1.165) is 17.0 Å². The molecule has 116 valence electrons. The molecule has 0 bridgehead atoms. The van der Waals surface area contributed by atoms with Crippen molar-refractivity contribution in [3.8, 4) is 5.75 Å². The van der Waals surface area contributed by atoms with E-state index in [9.17, 15) is 4.79 Å². The molecule has 0 spiro atoms. The van der Waals surface area contributed by atoms with Crippen molar-refractivity contribution in [2.45, 2.75) is 26.5 Å². The van der Waals surface area contributed by atoms with Crippen LogP contribution in [-0.4, -0.2) is 23.7 Å². The molecule has 0 saturated carbocycles. The number of rotatable bonds is 6. The molecule has 5 heteroatoms. The summed E-state index contributed by atoms with van der Waals surface area (Å²) in [6, 6.07) is 13.2. The van der Waals surface area contributed by atoms with E-state index in [1.807, 2.05) is 56.3 Å². The van der Waals surface area contributed by atoms with Gasteiger partial charge in [-0.25, -0.2) is 4.79 Å². The van der Waals surface area contributed by atoms with E-state index < -0.39 is 0 Å². The molecule has 0 fully saturated rings. The number of nitrogens with zero attached hydrogens (tertiary/aromatic N) is 1. The Morgan fingerprint density at radius 2 is 1.95 bits per heavy atom. The van der Waals surface area contributed by atoms with Crippen LogP contribution in [0, 0.1) is 6.92 Å². The maximum atomic E-state index is 11.7. The number of hydrogen-bond donors (Lipinski definition) is 2. The fourth-order valence-electron chi connectivity index (χ4n) is 1.86. The first-order valence-corrected chi connectivity index (χ1v) is 7.28. The number of carbonyl (C=O) groups is 1. The van der Waals surface area contributed by atoms with Crippen LogP contribution in [0.4, 0.5) is 4.79 Å². The van der Waals surface area contributed by atoms with Crippen LogP contribution in [0.2, 0.25) is 0 Å². The van der Waals surface area contributed by atoms with Crippen molar-refractivity contribution >= 4 is 6.03 Å². The zero-order valence-electron chi connectivity index (χ0n) is 12.9. The third kappa shape index (κ3) is 5.44. The highest BCUT2D eigenvalue weighted by Gasteiger charge is 2.06. The van der Waals surface area contributed by atoms with E-state index in [0.29, 0.717) is 13.1 Å². The zero-order chi connectivity index (χ0) is 15.8. The molecule has 1 heterocycles. The predicted molar refractivity (Wildman–Crippen MR) is 85.7 cm³/mol. The number of pyridine rings is 1. The van der Waals surface area contributed by atoms with Gasteiger partial charge >= 0.3 is 6.03 Å². The molecule has 2 N–H and O–H groups in total. The summed E-state index contributed by atoms with van der Waals surface area (Å²) in [4.78, 5) is 15.9. The monoisotopic (exact) mass is 299 g/mol. The lowest BCUT2D eigenvalue weighted by molar-refractivity contribution is 0.207. The van der Waals surface area contributed by atoms with E-state index >= 15 is 0 Å². The van der Waals surface area contributed by atoms with E-state index in [1.165, 1.54) is 0 Å². The predicted octanol–water partition coefficient (Wildman–Crippen LogP) is 2.66. The smallest absolute Gasteiger partial charge is 0.315 e. The highest BCUT2D eigenvalue weighted by atomic mass is 16.5. The lowest BCUT2D eigenvalue weighted by Gasteiger charge is -2.15. The van der Waals surface area contributed by atoms with Gasteiger partial charge in [-0.1, -0.05) is 24.3 Å². The van der Waals surface area contributed by atoms with E-state index in [1.54, 1.807) is 6.20 Å². The van der Waals surface area contributed by atoms with Crippen LogP contribution in [0.3, 0.4) is 0 Å². The molecular weight excluding hydrogens is 278 g/mol. The number of amides is 2. The lowest BCUT2D eigenvalue weighted by Crippen LogP contribution is -2.40. The van der Waals surface area contributed by atoms with Gasteiger partial charge in [0.2, 0.25) is 0 Å². The van der Waals surface area contributed by atoms with Crippen LogP contribution in [-0.2, 0) is 6.54 Å². The normalized spacial score (nSPS) is 11.5. The molecular formula is C17H21N3O2. The van der Waals surface area contributed by atoms with Crippen molar-refractivity contribution in [2.24, 2.45) is 0 Å². The number of hydrogen-bond acceptors (Lipinski definition) is 3. The third-order valence-electron chi connectivity index (χ3n) is 3.06. The minimum atomic E-state index is -0.218. The van der Waals surface area contributed by atoms with Crippen LogP contribution >= 0.6 is 0 Å². The minimum Gasteiger partial charge on any atom is -0.489 e. The SMILES string of the molecule is Cc1ccc(CNC(=O)NC[C@H](C)Oc2ccccc2)cn1. The van der Waals surface area contributed by atoms with Gasteiger partial charge in [0.05, 0.1) is 6.54 Å². The highest BCUT2D eigenvalue weighted by molar-refractivity contribution is 5.73. The first-order chi connectivity index (χ1) is 10.6. The number of benzene rings is 1. The van der Waals surface area contributed by atoms with Crippen molar-refractivity contribution in [2.75, 3.05) is 6.54 Å². The number of para-hydroxylation sites is 1. The summed E-state index contributed by atoms with van der Waals surface area (Å²) in [5.41, 5.74) is 1.93. The summed E-state index contributed by atoms with van der Waals surface area (Å²) in [6.45, 7) is 4.73. The number of nitrogens with one attached hydrogen (secondary N) is 2. The Balaban J connectivity index is 1.67. The summed E-state index contributed by atoms with van der Waals surface area (Å²) in [5, 5.41) is 5.58. The standard InChI is InChI=1S/C17H21N3O2/c1-13-8-9-15(11-18-13)12-20-17(21)19-10-14(2)22-16-6-4-3-5-7-16/h3-9,11,14H,10,12H2,1-2H3,(H2,19,20,21)/t14-/m0/s1. The number of aromatic nitrogens is 1. The fourth-order valence-corrected chi connectivity index (χ4v) is 1.86. The summed E-state index contributed by atoms with van der Waals surface area (Å²) in [5.74, 6) is 0.794. The lowest BCUT2D eigenvalue weighted by atomic mass is 10.2. The average Bonchev–Trinajstić information content (AvgIpc) is 2.53. The maximum absolute atomic E-state index is 11.7. The Bertz CT molecular complexity index is 585. The molecule has 1 aromatic carbocycles. The molecule has 2 aromatic rings. The van der Waals surface area contributed by atoms with Crippen molar-refractivity contribution in [1.82, 2.24) is 15.6 Å². The molecule has 0 saturated heterocycles. The molecule has 2 amide bonds. The largest absolute Gasteiger partial charge is 0.489 e. The topological polar surface area (TPSA) is 63.2 Å². The van der Waals surface area contributed by atoms with Gasteiger partial charge in [-0.05, 0) is 37.6 Å². The fraction of sp³-hybridized carbons (Fsp3) is 0.294. The van der Waals surface area contributed by atoms with Gasteiger partial charge < -0.3 is 15.4 Å². The molecule has 1 aromatic heterocycles. The maximum Gasteiger partial charge on any atom is 0.315 e. The average molecular weight is 299 g/mol. The molecule has 0 aliphatic heterocycles. The quantitative estimate of drug-likeness (QED) is 0.862. The van der Waals surface area contributed by atoms with Crippen LogP contribution in [0.15, 0.2) is 48.7 Å². The first-order valence-electron chi connectivity index (χ1n) is 7.28. The number of aryl methyl sites for hydroxylation is 1. The number of carbonyl (C=O) groups excluding carboxylic acids is 1. The number of ether oxygens (including phenoxy) is 1. The molecule has 2 rings (SSSR count). The molecule has 0 aliphatic rings. The summed E-state index contributed by atoms with van der Waals surface area (Å²) in [7, 11) is 0. The summed E-state index contributed by atoms with van der Waals surface area (Å²) >= 11 is 0. The minimum absolute atomic E-state index is 0.103. The van der Waals surface area contributed by atoms with Gasteiger partial charge in [0.25, 0.3) is 0 Å². The Morgan fingerprint density at radius 3 is 2.64 bits per heavy atom. The first kappa shape index (κ1) is 15.8. The Morgan fingerprint density at radius 1 is 1.18 bits per heavy atom. The molecule has 0 unspecified atom stereocenters. The van der Waals surface area contributed by atoms with Gasteiger partial charge in [-0.15, -0.1) is 0 Å². The van der Waals surface area contributed by atoms with E-state index in [4.69, 9.17) is 4.74 Å². The van der Waals surface area contributed by atoms with Crippen LogP contribution in [0.25, 0.3) is 0 Å². The molecule has 0 radical (unpaired) electrons. The molecule has 1 atom stereocenters. The van der Waals surface area contributed by atoms with E-state index in [-0.39, 0.29) is 12.1 Å². The van der Waals surface area contributed by atoms with Gasteiger partial charge in [-0.3, -0.25) is 4.98 Å².